The Morgan fingerprint density at radius 1 is 0.589 bits per heavy atom. The number of carbonyl (C=O) groups excluding carboxylic acids is 2. The molecule has 302 valence electrons. The van der Waals surface area contributed by atoms with Gasteiger partial charge in [-0.05, 0) is 110 Å². The van der Waals surface area contributed by atoms with E-state index >= 15 is 0 Å². The molecular formula is C44H60O9Si3. The molecule has 0 saturated heterocycles. The van der Waals surface area contributed by atoms with Crippen LogP contribution in [0.2, 0.25) is 51.4 Å². The molecule has 0 aliphatic carbocycles. The summed E-state index contributed by atoms with van der Waals surface area (Å²) in [6.07, 6.45) is 2.85. The minimum Gasteiger partial charge on any atom is -0.493 e. The second-order valence-electron chi connectivity index (χ2n) is 16.6. The van der Waals surface area contributed by atoms with Crippen LogP contribution in [0, 0.1) is 0 Å². The van der Waals surface area contributed by atoms with E-state index in [1.807, 2.05) is 54.6 Å². The quantitative estimate of drug-likeness (QED) is 0.0229. The van der Waals surface area contributed by atoms with Crippen molar-refractivity contribution in [3.05, 3.63) is 113 Å². The highest BCUT2D eigenvalue weighted by atomic mass is 29.3. The average molecular weight is 817 g/mol. The van der Waals surface area contributed by atoms with Crippen LogP contribution in [0.3, 0.4) is 0 Å². The second-order valence-corrected chi connectivity index (χ2v) is 35.9. The summed E-state index contributed by atoms with van der Waals surface area (Å²) in [5.74, 6) is 1.80. The van der Waals surface area contributed by atoms with Crippen molar-refractivity contribution in [1.29, 1.82) is 0 Å². The number of methoxy groups -OCH3 is 2. The van der Waals surface area contributed by atoms with Crippen molar-refractivity contribution in [2.45, 2.75) is 103 Å². The molecule has 0 aliphatic heterocycles. The van der Waals surface area contributed by atoms with Crippen LogP contribution in [0.5, 0.6) is 28.7 Å². The molecule has 9 nitrogen and oxygen atoms in total. The number of rotatable bonds is 19. The maximum absolute atomic E-state index is 12.8. The zero-order valence-corrected chi connectivity index (χ0v) is 38.1. The summed E-state index contributed by atoms with van der Waals surface area (Å²) < 4.78 is 40.1. The summed E-state index contributed by atoms with van der Waals surface area (Å²) >= 11 is 0. The minimum absolute atomic E-state index is 0.200. The van der Waals surface area contributed by atoms with Gasteiger partial charge in [-0.25, -0.2) is 4.79 Å². The Bertz CT molecular complexity index is 1910. The molecule has 0 aromatic heterocycles. The Balaban J connectivity index is 1.23. The lowest BCUT2D eigenvalue weighted by Crippen LogP contribution is -2.58. The molecule has 4 aromatic rings. The van der Waals surface area contributed by atoms with Crippen molar-refractivity contribution < 1.29 is 42.4 Å². The highest BCUT2D eigenvalue weighted by Crippen LogP contribution is 2.34. The van der Waals surface area contributed by atoms with Gasteiger partial charge in [0.25, 0.3) is 0 Å². The van der Waals surface area contributed by atoms with Crippen LogP contribution in [0.4, 0.5) is 4.79 Å². The van der Waals surface area contributed by atoms with Crippen molar-refractivity contribution in [2.75, 3.05) is 14.2 Å². The summed E-state index contributed by atoms with van der Waals surface area (Å²) in [5, 5.41) is 0. The summed E-state index contributed by atoms with van der Waals surface area (Å²) in [6, 6.07) is 31.2. The molecule has 56 heavy (non-hydrogen) atoms. The van der Waals surface area contributed by atoms with E-state index in [0.29, 0.717) is 28.7 Å². The third-order valence-electron chi connectivity index (χ3n) is 10.8. The van der Waals surface area contributed by atoms with Crippen molar-refractivity contribution in [2.24, 2.45) is 0 Å². The fourth-order valence-electron chi connectivity index (χ4n) is 6.35. The lowest BCUT2D eigenvalue weighted by atomic mass is 9.78. The van der Waals surface area contributed by atoms with Gasteiger partial charge < -0.3 is 28.3 Å². The third-order valence-corrected chi connectivity index (χ3v) is 29.2. The monoisotopic (exact) mass is 816 g/mol. The minimum atomic E-state index is -2.11. The molecule has 0 saturated carbocycles. The molecule has 0 bridgehead atoms. The SMILES string of the molecule is COc1cc(CCC[Si](C)(C)[Si](C)(C)OO[Si](C)(C)CCCc2ccc(OC(=O)Oc3ccc(C(C)(C)c4ccccc4)cc3)c(OC)c2)ccc1OC(C)=O. The lowest BCUT2D eigenvalue weighted by Gasteiger charge is -2.38. The predicted molar refractivity (Wildman–Crippen MR) is 230 cm³/mol. The van der Waals surface area contributed by atoms with Crippen molar-refractivity contribution >= 4 is 35.9 Å². The van der Waals surface area contributed by atoms with E-state index in [9.17, 15) is 9.59 Å². The summed E-state index contributed by atoms with van der Waals surface area (Å²) in [7, 11) is -2.82. The molecular weight excluding hydrogens is 757 g/mol. The van der Waals surface area contributed by atoms with Crippen LogP contribution in [0.1, 0.15) is 55.9 Å². The predicted octanol–water partition coefficient (Wildman–Crippen LogP) is 11.2. The fraction of sp³-hybridized carbons (Fsp3) is 0.409. The number of hydrogen-bond donors (Lipinski definition) is 0. The van der Waals surface area contributed by atoms with E-state index in [0.717, 1.165) is 54.5 Å². The van der Waals surface area contributed by atoms with Gasteiger partial charge in [0.1, 0.15) is 5.75 Å². The van der Waals surface area contributed by atoms with Crippen LogP contribution in [-0.4, -0.2) is 50.1 Å². The molecule has 0 fully saturated rings. The van der Waals surface area contributed by atoms with Crippen LogP contribution < -0.4 is 23.7 Å². The number of benzene rings is 4. The molecule has 4 aromatic carbocycles. The number of ether oxygens (including phenoxy) is 5. The number of esters is 1. The lowest BCUT2D eigenvalue weighted by molar-refractivity contribution is -0.132. The first-order chi connectivity index (χ1) is 26.4. The van der Waals surface area contributed by atoms with Gasteiger partial charge in [0.2, 0.25) is 16.2 Å². The van der Waals surface area contributed by atoms with Gasteiger partial charge in [0.15, 0.2) is 23.0 Å². The number of carbonyl (C=O) groups is 2. The molecule has 0 spiro atoms. The highest BCUT2D eigenvalue weighted by Gasteiger charge is 2.45. The molecule has 0 amide bonds. The van der Waals surface area contributed by atoms with E-state index in [2.05, 4.69) is 65.3 Å². The van der Waals surface area contributed by atoms with E-state index < -0.39 is 29.9 Å². The first kappa shape index (κ1) is 44.5. The maximum Gasteiger partial charge on any atom is 0.519 e. The maximum atomic E-state index is 12.8. The molecule has 0 N–H and O–H groups in total. The summed E-state index contributed by atoms with van der Waals surface area (Å²) in [4.78, 5) is 24.2. The first-order valence-electron chi connectivity index (χ1n) is 19.3. The largest absolute Gasteiger partial charge is 0.519 e. The third kappa shape index (κ3) is 12.4. The van der Waals surface area contributed by atoms with Gasteiger partial charge in [0.05, 0.1) is 21.8 Å². The van der Waals surface area contributed by atoms with Gasteiger partial charge in [-0.3, -0.25) is 9.37 Å². The van der Waals surface area contributed by atoms with Gasteiger partial charge in [-0.15, -0.1) is 0 Å². The summed E-state index contributed by atoms with van der Waals surface area (Å²) in [6.45, 7) is 19.5. The molecule has 0 atom stereocenters. The van der Waals surface area contributed by atoms with E-state index in [-0.39, 0.29) is 11.4 Å². The Morgan fingerprint density at radius 2 is 1.11 bits per heavy atom. The topological polar surface area (TPSA) is 98.8 Å². The van der Waals surface area contributed by atoms with Gasteiger partial charge in [-0.2, -0.15) is 0 Å². The molecule has 0 heterocycles. The molecule has 0 aliphatic rings. The number of hydrogen-bond acceptors (Lipinski definition) is 9. The zero-order chi connectivity index (χ0) is 41.1. The van der Waals surface area contributed by atoms with Crippen LogP contribution in [-0.2, 0) is 32.2 Å². The normalized spacial score (nSPS) is 12.2. The van der Waals surface area contributed by atoms with Crippen LogP contribution in [0.15, 0.2) is 91.0 Å². The highest BCUT2D eigenvalue weighted by molar-refractivity contribution is 7.38. The Kier molecular flexibility index (Phi) is 15.3. The van der Waals surface area contributed by atoms with Crippen molar-refractivity contribution in [3.63, 3.8) is 0 Å². The Morgan fingerprint density at radius 3 is 1.64 bits per heavy atom. The number of aryl methyl sites for hydroxylation is 2. The molecule has 4 rings (SSSR count). The van der Waals surface area contributed by atoms with E-state index in [4.69, 9.17) is 32.8 Å². The van der Waals surface area contributed by atoms with Crippen molar-refractivity contribution in [3.8, 4) is 28.7 Å². The van der Waals surface area contributed by atoms with Gasteiger partial charge in [-0.1, -0.05) is 94.0 Å². The fourth-order valence-corrected chi connectivity index (χ4v) is 14.5. The van der Waals surface area contributed by atoms with E-state index in [1.54, 1.807) is 38.5 Å². The average Bonchev–Trinajstić information content (AvgIpc) is 3.15. The second kappa shape index (κ2) is 19.3. The zero-order valence-electron chi connectivity index (χ0n) is 35.1. The Hall–Kier alpha value is -4.21. The van der Waals surface area contributed by atoms with Crippen molar-refractivity contribution in [1.82, 2.24) is 0 Å². The van der Waals surface area contributed by atoms with Gasteiger partial charge in [0, 0.05) is 12.3 Å². The standard InChI is InChI=1S/C44H60O9Si3/c1-33(45)49-39-27-21-35(31-41(39)47-4)18-16-30-55(8,9)56(10,11)53-52-54(6,7)29-15-17-34-22-28-40(42(32-34)48-5)51-43(46)50-38-25-23-37(24-26-38)44(2,3)36-19-13-12-14-20-36/h12-14,19-28,31-32H,15-18,29-30H2,1-11H3. The summed E-state index contributed by atoms with van der Waals surface area (Å²) in [5.41, 5.74) is 4.33. The van der Waals surface area contributed by atoms with Crippen LogP contribution in [0.25, 0.3) is 0 Å². The first-order valence-corrected chi connectivity index (χ1v) is 29.5. The smallest absolute Gasteiger partial charge is 0.493 e. The van der Waals surface area contributed by atoms with E-state index in [1.165, 1.54) is 12.5 Å². The molecule has 12 heteroatoms. The molecule has 0 radical (unpaired) electrons. The Labute approximate surface area is 336 Å². The van der Waals surface area contributed by atoms with Crippen LogP contribution >= 0.6 is 0 Å². The molecule has 0 unspecified atom stereocenters. The van der Waals surface area contributed by atoms with Gasteiger partial charge >= 0.3 is 12.1 Å².